The largest absolute Gasteiger partial charge is 0.481 e. The first-order chi connectivity index (χ1) is 11.6. The lowest BCUT2D eigenvalue weighted by molar-refractivity contribution is -0.149. The molecule has 0 unspecified atom stereocenters. The fraction of sp³-hybridized carbons (Fsp3) is 0.579. The monoisotopic (exact) mass is 364 g/mol. The number of fused-ring (bicyclic) bond motifs is 2. The molecule has 4 rings (SSSR count). The van der Waals surface area contributed by atoms with Gasteiger partial charge in [0, 0.05) is 26.2 Å². The molecule has 0 radical (unpaired) electrons. The van der Waals surface area contributed by atoms with Crippen LogP contribution in [0.15, 0.2) is 24.3 Å². The third-order valence-electron chi connectivity index (χ3n) is 6.21. The Kier molecular flexibility index (Phi) is 5.07. The Bertz CT molecular complexity index is 680. The third kappa shape index (κ3) is 3.15. The minimum absolute atomic E-state index is 0. The molecule has 1 aliphatic carbocycles. The van der Waals surface area contributed by atoms with Crippen LogP contribution >= 0.6 is 12.4 Å². The maximum atomic E-state index is 12.7. The lowest BCUT2D eigenvalue weighted by Crippen LogP contribution is -2.43. The summed E-state index contributed by atoms with van der Waals surface area (Å²) >= 11 is 0. The second-order valence-electron chi connectivity index (χ2n) is 7.55. The fourth-order valence-corrected chi connectivity index (χ4v) is 4.86. The second kappa shape index (κ2) is 6.96. The first kappa shape index (κ1) is 18.2. The normalized spacial score (nSPS) is 28.2. The number of benzene rings is 1. The average molecular weight is 365 g/mol. The first-order valence-electron chi connectivity index (χ1n) is 8.89. The van der Waals surface area contributed by atoms with Crippen LogP contribution < -0.4 is 0 Å². The van der Waals surface area contributed by atoms with E-state index in [-0.39, 0.29) is 24.2 Å². The van der Waals surface area contributed by atoms with Crippen LogP contribution in [0.5, 0.6) is 0 Å². The van der Waals surface area contributed by atoms with Crippen LogP contribution in [0.2, 0.25) is 0 Å². The zero-order valence-corrected chi connectivity index (χ0v) is 15.1. The summed E-state index contributed by atoms with van der Waals surface area (Å²) in [5.74, 6) is -0.332. The van der Waals surface area contributed by atoms with Crippen LogP contribution in [0.4, 0.5) is 0 Å². The van der Waals surface area contributed by atoms with Crippen molar-refractivity contribution < 1.29 is 14.7 Å². The number of hydrogen-bond acceptors (Lipinski definition) is 3. The fourth-order valence-electron chi connectivity index (χ4n) is 4.86. The van der Waals surface area contributed by atoms with Gasteiger partial charge in [0.15, 0.2) is 0 Å². The van der Waals surface area contributed by atoms with Crippen molar-refractivity contribution in [1.29, 1.82) is 0 Å². The van der Waals surface area contributed by atoms with E-state index in [9.17, 15) is 14.7 Å². The molecule has 1 N–H and O–H groups in total. The summed E-state index contributed by atoms with van der Waals surface area (Å²) in [5.41, 5.74) is 1.97. The Hall–Kier alpha value is -1.59. The molecule has 0 bridgehead atoms. The van der Waals surface area contributed by atoms with Crippen molar-refractivity contribution in [3.05, 3.63) is 35.4 Å². The molecule has 1 aromatic rings. The van der Waals surface area contributed by atoms with Crippen molar-refractivity contribution in [2.45, 2.75) is 32.2 Å². The Labute approximate surface area is 154 Å². The summed E-state index contributed by atoms with van der Waals surface area (Å²) in [7, 11) is 0. The predicted octanol–water partition coefficient (Wildman–Crippen LogP) is 2.18. The molecule has 25 heavy (non-hydrogen) atoms. The van der Waals surface area contributed by atoms with Crippen molar-refractivity contribution in [1.82, 2.24) is 9.80 Å². The first-order valence-corrected chi connectivity index (χ1v) is 8.89. The van der Waals surface area contributed by atoms with Crippen LogP contribution in [0.3, 0.4) is 0 Å². The molecule has 136 valence electrons. The molecule has 0 aromatic heterocycles. The molecular formula is C19H25ClN2O3. The Morgan fingerprint density at radius 1 is 1.24 bits per heavy atom. The van der Waals surface area contributed by atoms with Crippen molar-refractivity contribution >= 4 is 24.3 Å². The summed E-state index contributed by atoms with van der Waals surface area (Å²) in [6, 6.07) is 8.29. The molecule has 5 nitrogen and oxygen atoms in total. The minimum Gasteiger partial charge on any atom is -0.481 e. The van der Waals surface area contributed by atoms with Gasteiger partial charge in [-0.2, -0.15) is 0 Å². The molecule has 6 heteroatoms. The van der Waals surface area contributed by atoms with E-state index in [1.165, 1.54) is 11.1 Å². The van der Waals surface area contributed by atoms with E-state index in [0.717, 1.165) is 38.8 Å². The van der Waals surface area contributed by atoms with Crippen LogP contribution in [0.25, 0.3) is 0 Å². The van der Waals surface area contributed by atoms with E-state index in [2.05, 4.69) is 17.0 Å². The maximum absolute atomic E-state index is 12.7. The minimum atomic E-state index is -0.674. The number of aliphatic carboxylic acids is 1. The molecule has 1 aromatic carbocycles. The summed E-state index contributed by atoms with van der Waals surface area (Å²) in [6.45, 7) is 3.08. The van der Waals surface area contributed by atoms with Gasteiger partial charge in [-0.15, -0.1) is 12.4 Å². The Morgan fingerprint density at radius 3 is 2.72 bits per heavy atom. The lowest BCUT2D eigenvalue weighted by Gasteiger charge is -2.30. The van der Waals surface area contributed by atoms with Crippen molar-refractivity contribution in [2.75, 3.05) is 26.2 Å². The molecule has 2 fully saturated rings. The van der Waals surface area contributed by atoms with Gasteiger partial charge in [0.05, 0.1) is 12.0 Å². The number of likely N-dealkylation sites (tertiary alicyclic amines) is 1. The van der Waals surface area contributed by atoms with Gasteiger partial charge in [-0.05, 0) is 36.3 Å². The number of carboxylic acids is 1. The smallest absolute Gasteiger partial charge is 0.311 e. The van der Waals surface area contributed by atoms with Gasteiger partial charge >= 0.3 is 5.97 Å². The zero-order chi connectivity index (χ0) is 16.7. The van der Waals surface area contributed by atoms with Crippen LogP contribution in [0.1, 0.15) is 30.4 Å². The van der Waals surface area contributed by atoms with Crippen LogP contribution in [-0.4, -0.2) is 53.0 Å². The van der Waals surface area contributed by atoms with Crippen molar-refractivity contribution in [3.63, 3.8) is 0 Å². The SMILES string of the molecule is Cl.O=C(CN1C[C@@H]2CCC[C@@]2(C(=O)O)C1)N1CCc2ccccc2C1. The highest BCUT2D eigenvalue weighted by Crippen LogP contribution is 2.48. The number of nitrogens with zero attached hydrogens (tertiary/aromatic N) is 2. The highest BCUT2D eigenvalue weighted by Gasteiger charge is 2.54. The number of halogens is 1. The molecule has 1 saturated heterocycles. The topological polar surface area (TPSA) is 60.9 Å². The van der Waals surface area contributed by atoms with Gasteiger partial charge in [-0.1, -0.05) is 30.7 Å². The molecular weight excluding hydrogens is 340 g/mol. The summed E-state index contributed by atoms with van der Waals surface area (Å²) < 4.78 is 0. The van der Waals surface area contributed by atoms with E-state index < -0.39 is 11.4 Å². The number of carboxylic acid groups (broad SMARTS) is 1. The third-order valence-corrected chi connectivity index (χ3v) is 6.21. The quantitative estimate of drug-likeness (QED) is 0.893. The van der Waals surface area contributed by atoms with E-state index >= 15 is 0 Å². The second-order valence-corrected chi connectivity index (χ2v) is 7.55. The summed E-state index contributed by atoms with van der Waals surface area (Å²) in [4.78, 5) is 28.4. The van der Waals surface area contributed by atoms with E-state index in [4.69, 9.17) is 0 Å². The molecule has 2 heterocycles. The van der Waals surface area contributed by atoms with Crippen molar-refractivity contribution in [2.24, 2.45) is 11.3 Å². The van der Waals surface area contributed by atoms with Gasteiger partial charge in [0.25, 0.3) is 0 Å². The van der Waals surface area contributed by atoms with E-state index in [1.54, 1.807) is 0 Å². The zero-order valence-electron chi connectivity index (χ0n) is 14.3. The van der Waals surface area contributed by atoms with Crippen LogP contribution in [-0.2, 0) is 22.6 Å². The Morgan fingerprint density at radius 2 is 2.00 bits per heavy atom. The highest BCUT2D eigenvalue weighted by molar-refractivity contribution is 5.85. The maximum Gasteiger partial charge on any atom is 0.311 e. The number of hydrogen-bond donors (Lipinski definition) is 1. The molecule has 1 saturated carbocycles. The number of carbonyl (C=O) groups excluding carboxylic acids is 1. The van der Waals surface area contributed by atoms with Gasteiger partial charge in [0.2, 0.25) is 5.91 Å². The molecule has 2 aliphatic heterocycles. The number of rotatable bonds is 3. The number of amides is 1. The van der Waals surface area contributed by atoms with Gasteiger partial charge in [-0.25, -0.2) is 0 Å². The molecule has 0 spiro atoms. The van der Waals surface area contributed by atoms with Gasteiger partial charge in [-0.3, -0.25) is 14.5 Å². The van der Waals surface area contributed by atoms with Crippen molar-refractivity contribution in [3.8, 4) is 0 Å². The van der Waals surface area contributed by atoms with Gasteiger partial charge in [0.1, 0.15) is 0 Å². The summed E-state index contributed by atoms with van der Waals surface area (Å²) in [6.07, 6.45) is 3.65. The van der Waals surface area contributed by atoms with E-state index in [1.807, 2.05) is 17.0 Å². The average Bonchev–Trinajstić information content (AvgIpc) is 3.12. The lowest BCUT2D eigenvalue weighted by atomic mass is 9.81. The van der Waals surface area contributed by atoms with Gasteiger partial charge < -0.3 is 10.0 Å². The highest BCUT2D eigenvalue weighted by atomic mass is 35.5. The molecule has 1 amide bonds. The predicted molar refractivity (Wildman–Crippen MR) is 96.7 cm³/mol. The molecule has 2 atom stereocenters. The Balaban J connectivity index is 0.00000182. The van der Waals surface area contributed by atoms with E-state index in [0.29, 0.717) is 19.6 Å². The van der Waals surface area contributed by atoms with Crippen LogP contribution in [0, 0.1) is 11.3 Å². The standard InChI is InChI=1S/C19H24N2O3.ClH/c22-17(21-9-7-14-4-1-2-5-15(14)10-21)12-20-11-16-6-3-8-19(16,13-20)18(23)24;/h1-2,4-5,16H,3,6-13H2,(H,23,24);1H/t16-,19+;/m0./s1. The summed E-state index contributed by atoms with van der Waals surface area (Å²) in [5, 5.41) is 9.66. The molecule has 3 aliphatic rings. The number of carbonyl (C=O) groups is 2.